The molecule has 1 aliphatic heterocycles. The number of guanidine groups is 1. The minimum absolute atomic E-state index is 0.101. The van der Waals surface area contributed by atoms with Gasteiger partial charge in [0.15, 0.2) is 5.96 Å². The Kier molecular flexibility index (Phi) is 7.67. The molecular weight excluding hydrogens is 382 g/mol. The molecule has 2 amide bonds. The monoisotopic (exact) mass is 413 g/mol. The van der Waals surface area contributed by atoms with Crippen molar-refractivity contribution in [3.8, 4) is 0 Å². The summed E-state index contributed by atoms with van der Waals surface area (Å²) in [4.78, 5) is 20.8. The van der Waals surface area contributed by atoms with Gasteiger partial charge in [0.1, 0.15) is 6.26 Å². The predicted octanol–water partition coefficient (Wildman–Crippen LogP) is 2.10. The van der Waals surface area contributed by atoms with E-state index in [1.165, 1.54) is 0 Å². The van der Waals surface area contributed by atoms with Crippen LogP contribution in [0.15, 0.2) is 46.1 Å². The van der Waals surface area contributed by atoms with E-state index in [1.807, 2.05) is 51.2 Å². The van der Waals surface area contributed by atoms with E-state index in [9.17, 15) is 4.79 Å². The van der Waals surface area contributed by atoms with E-state index in [1.54, 1.807) is 6.26 Å². The van der Waals surface area contributed by atoms with Gasteiger partial charge in [-0.25, -0.2) is 4.79 Å². The number of carbonyl (C=O) groups excluding carboxylic acids is 1. The zero-order valence-corrected chi connectivity index (χ0v) is 17.9. The summed E-state index contributed by atoms with van der Waals surface area (Å²) < 4.78 is 4.91. The van der Waals surface area contributed by atoms with Gasteiger partial charge >= 0.3 is 6.03 Å². The lowest BCUT2D eigenvalue weighted by Gasteiger charge is -2.36. The van der Waals surface area contributed by atoms with E-state index in [-0.39, 0.29) is 12.1 Å². The second-order valence-electron chi connectivity index (χ2n) is 7.60. The zero-order valence-electron chi connectivity index (χ0n) is 17.9. The SMILES string of the molecule is CN=C(NCc1ccc(NC(=O)NC(C)C)cc1)N1CCN(Cc2ccon2)CC1. The number of urea groups is 1. The highest BCUT2D eigenvalue weighted by Crippen LogP contribution is 2.11. The summed E-state index contributed by atoms with van der Waals surface area (Å²) in [6.07, 6.45) is 1.61. The van der Waals surface area contributed by atoms with Gasteiger partial charge < -0.3 is 25.4 Å². The maximum absolute atomic E-state index is 11.8. The van der Waals surface area contributed by atoms with Gasteiger partial charge in [0.25, 0.3) is 0 Å². The molecular formula is C21H31N7O2. The topological polar surface area (TPSA) is 98.0 Å². The van der Waals surface area contributed by atoms with Crippen LogP contribution in [0.3, 0.4) is 0 Å². The van der Waals surface area contributed by atoms with Crippen LogP contribution in [0.1, 0.15) is 25.1 Å². The minimum atomic E-state index is -0.195. The molecule has 1 aliphatic rings. The van der Waals surface area contributed by atoms with E-state index in [4.69, 9.17) is 4.52 Å². The van der Waals surface area contributed by atoms with Crippen molar-refractivity contribution in [1.29, 1.82) is 0 Å². The van der Waals surface area contributed by atoms with Gasteiger partial charge in [0, 0.05) is 64.1 Å². The van der Waals surface area contributed by atoms with Crippen molar-refractivity contribution in [3.63, 3.8) is 0 Å². The number of nitrogens with zero attached hydrogens (tertiary/aromatic N) is 4. The smallest absolute Gasteiger partial charge is 0.319 e. The quantitative estimate of drug-likeness (QED) is 0.496. The predicted molar refractivity (Wildman–Crippen MR) is 117 cm³/mol. The lowest BCUT2D eigenvalue weighted by atomic mass is 10.2. The molecule has 0 atom stereocenters. The molecule has 2 aromatic rings. The molecule has 0 unspecified atom stereocenters. The molecule has 1 saturated heterocycles. The average molecular weight is 414 g/mol. The summed E-state index contributed by atoms with van der Waals surface area (Å²) in [5.74, 6) is 0.898. The molecule has 1 aromatic carbocycles. The van der Waals surface area contributed by atoms with Gasteiger partial charge in [0.2, 0.25) is 0 Å². The molecule has 0 aliphatic carbocycles. The third kappa shape index (κ3) is 6.48. The summed E-state index contributed by atoms with van der Waals surface area (Å²) >= 11 is 0. The first-order valence-electron chi connectivity index (χ1n) is 10.3. The van der Waals surface area contributed by atoms with E-state index in [0.29, 0.717) is 6.54 Å². The van der Waals surface area contributed by atoms with Crippen LogP contribution in [-0.2, 0) is 13.1 Å². The van der Waals surface area contributed by atoms with Crippen molar-refractivity contribution in [1.82, 2.24) is 25.6 Å². The maximum Gasteiger partial charge on any atom is 0.319 e. The second-order valence-corrected chi connectivity index (χ2v) is 7.60. The third-order valence-electron chi connectivity index (χ3n) is 4.84. The Morgan fingerprint density at radius 2 is 1.90 bits per heavy atom. The fraction of sp³-hybridized carbons (Fsp3) is 0.476. The van der Waals surface area contributed by atoms with Crippen LogP contribution < -0.4 is 16.0 Å². The molecule has 30 heavy (non-hydrogen) atoms. The second kappa shape index (κ2) is 10.6. The molecule has 162 valence electrons. The van der Waals surface area contributed by atoms with Crippen LogP contribution in [0.4, 0.5) is 10.5 Å². The number of anilines is 1. The highest BCUT2D eigenvalue weighted by Gasteiger charge is 2.20. The molecule has 2 heterocycles. The Morgan fingerprint density at radius 1 is 1.17 bits per heavy atom. The van der Waals surface area contributed by atoms with Crippen molar-refractivity contribution in [2.75, 3.05) is 38.5 Å². The molecule has 0 radical (unpaired) electrons. The Labute approximate surface area is 177 Å². The Balaban J connectivity index is 1.43. The van der Waals surface area contributed by atoms with E-state index < -0.39 is 0 Å². The Morgan fingerprint density at radius 3 is 2.50 bits per heavy atom. The number of benzene rings is 1. The number of nitrogens with one attached hydrogen (secondary N) is 3. The van der Waals surface area contributed by atoms with Gasteiger partial charge in [-0.3, -0.25) is 9.89 Å². The molecule has 0 spiro atoms. The van der Waals surface area contributed by atoms with Crippen molar-refractivity contribution in [3.05, 3.63) is 47.9 Å². The van der Waals surface area contributed by atoms with Gasteiger partial charge in [-0.2, -0.15) is 0 Å². The summed E-state index contributed by atoms with van der Waals surface area (Å²) in [7, 11) is 1.81. The Hall–Kier alpha value is -3.07. The molecule has 3 N–H and O–H groups in total. The largest absolute Gasteiger partial charge is 0.364 e. The van der Waals surface area contributed by atoms with E-state index >= 15 is 0 Å². The van der Waals surface area contributed by atoms with E-state index in [2.05, 4.69) is 35.9 Å². The molecule has 9 nitrogen and oxygen atoms in total. The summed E-state index contributed by atoms with van der Waals surface area (Å²) in [6.45, 7) is 9.06. The number of aliphatic imine (C=N–C) groups is 1. The number of carbonyl (C=O) groups is 1. The van der Waals surface area contributed by atoms with Gasteiger partial charge in [-0.1, -0.05) is 17.3 Å². The minimum Gasteiger partial charge on any atom is -0.364 e. The first-order chi connectivity index (χ1) is 14.5. The Bertz CT molecular complexity index is 810. The number of hydrogen-bond acceptors (Lipinski definition) is 5. The highest BCUT2D eigenvalue weighted by atomic mass is 16.5. The van der Waals surface area contributed by atoms with Crippen molar-refractivity contribution >= 4 is 17.7 Å². The number of hydrogen-bond donors (Lipinski definition) is 3. The first kappa shape index (κ1) is 21.6. The van der Waals surface area contributed by atoms with Crippen LogP contribution in [-0.4, -0.2) is 66.2 Å². The molecule has 9 heteroatoms. The third-order valence-corrected chi connectivity index (χ3v) is 4.84. The first-order valence-corrected chi connectivity index (χ1v) is 10.3. The standard InChI is InChI=1S/C21H31N7O2/c1-16(2)24-21(29)25-18-6-4-17(5-7-18)14-23-20(22-3)28-11-9-27(10-12-28)15-19-8-13-30-26-19/h4-8,13,16H,9-12,14-15H2,1-3H3,(H,22,23)(H2,24,25,29). The number of aromatic nitrogens is 1. The van der Waals surface area contributed by atoms with Crippen LogP contribution in [0.2, 0.25) is 0 Å². The fourth-order valence-electron chi connectivity index (χ4n) is 3.31. The highest BCUT2D eigenvalue weighted by molar-refractivity contribution is 5.89. The molecule has 0 bridgehead atoms. The fourth-order valence-corrected chi connectivity index (χ4v) is 3.31. The van der Waals surface area contributed by atoms with Crippen molar-refractivity contribution < 1.29 is 9.32 Å². The maximum atomic E-state index is 11.8. The number of piperazine rings is 1. The average Bonchev–Trinajstić information content (AvgIpc) is 3.23. The van der Waals surface area contributed by atoms with Crippen molar-refractivity contribution in [2.24, 2.45) is 4.99 Å². The molecule has 0 saturated carbocycles. The zero-order chi connectivity index (χ0) is 21.3. The van der Waals surface area contributed by atoms with Crippen LogP contribution in [0.25, 0.3) is 0 Å². The lowest BCUT2D eigenvalue weighted by Crippen LogP contribution is -2.52. The normalized spacial score (nSPS) is 15.3. The van der Waals surface area contributed by atoms with Crippen LogP contribution >= 0.6 is 0 Å². The van der Waals surface area contributed by atoms with Gasteiger partial charge in [-0.15, -0.1) is 0 Å². The van der Waals surface area contributed by atoms with Crippen molar-refractivity contribution in [2.45, 2.75) is 33.0 Å². The molecule has 3 rings (SSSR count). The lowest BCUT2D eigenvalue weighted by molar-refractivity contribution is 0.169. The molecule has 1 aromatic heterocycles. The van der Waals surface area contributed by atoms with E-state index in [0.717, 1.165) is 55.6 Å². The number of amides is 2. The number of rotatable bonds is 6. The van der Waals surface area contributed by atoms with Gasteiger partial charge in [-0.05, 0) is 31.5 Å². The van der Waals surface area contributed by atoms with Gasteiger partial charge in [0.05, 0.1) is 5.69 Å². The van der Waals surface area contributed by atoms with Crippen LogP contribution in [0, 0.1) is 0 Å². The summed E-state index contributed by atoms with van der Waals surface area (Å²) in [5, 5.41) is 13.1. The summed E-state index contributed by atoms with van der Waals surface area (Å²) in [5.41, 5.74) is 2.85. The molecule has 1 fully saturated rings. The van der Waals surface area contributed by atoms with Crippen LogP contribution in [0.5, 0.6) is 0 Å². The summed E-state index contributed by atoms with van der Waals surface area (Å²) in [6, 6.07) is 9.63.